The van der Waals surface area contributed by atoms with Gasteiger partial charge in [0.15, 0.2) is 6.61 Å². The number of hydrogen-bond donors (Lipinski definition) is 0. The zero-order valence-corrected chi connectivity index (χ0v) is 21.3. The molecule has 0 radical (unpaired) electrons. The molecule has 0 aliphatic carbocycles. The summed E-state index contributed by atoms with van der Waals surface area (Å²) in [5.74, 6) is 1.43. The van der Waals surface area contributed by atoms with Crippen molar-refractivity contribution in [3.8, 4) is 11.4 Å². The number of ether oxygens (including phenoxy) is 1. The van der Waals surface area contributed by atoms with Gasteiger partial charge in [0.05, 0.1) is 22.6 Å². The van der Waals surface area contributed by atoms with Gasteiger partial charge in [-0.3, -0.25) is 14.2 Å². The molecule has 4 aromatic rings. The fourth-order valence-corrected chi connectivity index (χ4v) is 4.26. The fourth-order valence-electron chi connectivity index (χ4n) is 4.26. The van der Waals surface area contributed by atoms with Gasteiger partial charge in [-0.15, -0.1) is 0 Å². The summed E-state index contributed by atoms with van der Waals surface area (Å²) < 4.78 is 7.43. The number of aryl methyl sites for hydroxylation is 1. The molecule has 0 saturated heterocycles. The van der Waals surface area contributed by atoms with Crippen molar-refractivity contribution in [1.29, 1.82) is 0 Å². The Hall–Kier alpha value is -3.93. The normalized spacial score (nSPS) is 12.0. The number of amides is 1. The predicted molar refractivity (Wildman–Crippen MR) is 144 cm³/mol. The van der Waals surface area contributed by atoms with E-state index in [2.05, 4.69) is 13.8 Å². The van der Waals surface area contributed by atoms with Crippen LogP contribution in [-0.2, 0) is 4.79 Å². The maximum Gasteiger partial charge on any atom is 0.266 e. The molecule has 6 heteroatoms. The predicted octanol–water partition coefficient (Wildman–Crippen LogP) is 5.71. The lowest BCUT2D eigenvalue weighted by Crippen LogP contribution is -2.40. The Bertz CT molecular complexity index is 1400. The minimum absolute atomic E-state index is 0.0886. The van der Waals surface area contributed by atoms with Crippen molar-refractivity contribution in [2.75, 3.05) is 13.2 Å². The van der Waals surface area contributed by atoms with Crippen molar-refractivity contribution < 1.29 is 9.53 Å². The van der Waals surface area contributed by atoms with E-state index < -0.39 is 6.04 Å². The maximum absolute atomic E-state index is 13.7. The maximum atomic E-state index is 13.7. The van der Waals surface area contributed by atoms with Crippen LogP contribution in [0.4, 0.5) is 0 Å². The van der Waals surface area contributed by atoms with E-state index in [0.717, 1.165) is 17.7 Å². The average molecular weight is 484 g/mol. The molecule has 1 unspecified atom stereocenters. The number of aromatic nitrogens is 2. The van der Waals surface area contributed by atoms with E-state index in [0.29, 0.717) is 34.9 Å². The Kier molecular flexibility index (Phi) is 7.84. The number of hydrogen-bond acceptors (Lipinski definition) is 4. The lowest BCUT2D eigenvalue weighted by molar-refractivity contribution is -0.136. The van der Waals surface area contributed by atoms with Crippen molar-refractivity contribution in [2.45, 2.75) is 40.2 Å². The molecule has 1 heterocycles. The third-order valence-corrected chi connectivity index (χ3v) is 6.28. The number of fused-ring (bicyclic) bond motifs is 1. The second kappa shape index (κ2) is 11.2. The zero-order chi connectivity index (χ0) is 25.7. The molecule has 6 nitrogen and oxygen atoms in total. The second-order valence-corrected chi connectivity index (χ2v) is 9.51. The summed E-state index contributed by atoms with van der Waals surface area (Å²) in [5, 5.41) is 0.544. The van der Waals surface area contributed by atoms with E-state index in [1.54, 1.807) is 15.5 Å². The Morgan fingerprint density at radius 1 is 0.972 bits per heavy atom. The van der Waals surface area contributed by atoms with Crippen LogP contribution in [-0.4, -0.2) is 33.5 Å². The second-order valence-electron chi connectivity index (χ2n) is 9.51. The van der Waals surface area contributed by atoms with E-state index in [9.17, 15) is 9.59 Å². The quantitative estimate of drug-likeness (QED) is 0.306. The Morgan fingerprint density at radius 2 is 1.69 bits per heavy atom. The van der Waals surface area contributed by atoms with Crippen molar-refractivity contribution >= 4 is 16.8 Å². The largest absolute Gasteiger partial charge is 0.484 e. The number of carbonyl (C=O) groups is 1. The van der Waals surface area contributed by atoms with Crippen LogP contribution >= 0.6 is 0 Å². The zero-order valence-electron chi connectivity index (χ0n) is 21.3. The summed E-state index contributed by atoms with van der Waals surface area (Å²) in [5.41, 5.74) is 2.24. The third kappa shape index (κ3) is 5.65. The summed E-state index contributed by atoms with van der Waals surface area (Å²) in [6, 6.07) is 24.0. The van der Waals surface area contributed by atoms with Crippen molar-refractivity contribution in [3.63, 3.8) is 0 Å². The van der Waals surface area contributed by atoms with Gasteiger partial charge >= 0.3 is 0 Å². The molecular weight excluding hydrogens is 450 g/mol. The standard InChI is InChI=1S/C30H33N3O3/c1-21(2)17-18-32(28(34)20-36-25-13-6-5-7-14-25)23(4)29-31-27-16-9-8-15-26(27)30(35)33(29)24-12-10-11-22(3)19-24/h5-16,19,21,23H,17-18,20H2,1-4H3. The van der Waals surface area contributed by atoms with Crippen molar-refractivity contribution in [3.05, 3.63) is 101 Å². The van der Waals surface area contributed by atoms with Crippen molar-refractivity contribution in [1.82, 2.24) is 14.5 Å². The van der Waals surface area contributed by atoms with Crippen LogP contribution < -0.4 is 10.3 Å². The lowest BCUT2D eigenvalue weighted by Gasteiger charge is -2.31. The third-order valence-electron chi connectivity index (χ3n) is 6.28. The molecule has 1 aromatic heterocycles. The van der Waals surface area contributed by atoms with Gasteiger partial charge in [0, 0.05) is 6.54 Å². The molecule has 0 aliphatic heterocycles. The monoisotopic (exact) mass is 483 g/mol. The van der Waals surface area contributed by atoms with Gasteiger partial charge in [-0.1, -0.05) is 56.3 Å². The summed E-state index contributed by atoms with van der Waals surface area (Å²) in [4.78, 5) is 33.9. The molecule has 0 spiro atoms. The number of benzene rings is 3. The van der Waals surface area contributed by atoms with Crippen LogP contribution in [0.2, 0.25) is 0 Å². The average Bonchev–Trinajstić information content (AvgIpc) is 2.87. The van der Waals surface area contributed by atoms with E-state index in [-0.39, 0.29) is 18.1 Å². The van der Waals surface area contributed by atoms with Crippen LogP contribution in [0.3, 0.4) is 0 Å². The first-order chi connectivity index (χ1) is 17.3. The van der Waals surface area contributed by atoms with Gasteiger partial charge < -0.3 is 9.64 Å². The van der Waals surface area contributed by atoms with Crippen LogP contribution in [0.5, 0.6) is 5.75 Å². The van der Waals surface area contributed by atoms with Gasteiger partial charge in [0.2, 0.25) is 0 Å². The molecule has 36 heavy (non-hydrogen) atoms. The molecule has 186 valence electrons. The molecule has 0 N–H and O–H groups in total. The first-order valence-corrected chi connectivity index (χ1v) is 12.4. The van der Waals surface area contributed by atoms with Crippen LogP contribution in [0, 0.1) is 12.8 Å². The SMILES string of the molecule is Cc1cccc(-n2c(C(C)N(CCC(C)C)C(=O)COc3ccccc3)nc3ccccc3c2=O)c1. The van der Waals surface area contributed by atoms with Gasteiger partial charge in [-0.25, -0.2) is 4.98 Å². The molecule has 3 aromatic carbocycles. The highest BCUT2D eigenvalue weighted by Gasteiger charge is 2.27. The number of carbonyl (C=O) groups excluding carboxylic acids is 1. The molecule has 1 amide bonds. The molecule has 4 rings (SSSR count). The minimum Gasteiger partial charge on any atom is -0.484 e. The highest BCUT2D eigenvalue weighted by atomic mass is 16.5. The Balaban J connectivity index is 1.78. The number of para-hydroxylation sites is 2. The van der Waals surface area contributed by atoms with Gasteiger partial charge in [-0.2, -0.15) is 0 Å². The first-order valence-electron chi connectivity index (χ1n) is 12.4. The van der Waals surface area contributed by atoms with Gasteiger partial charge in [0.1, 0.15) is 11.6 Å². The fraction of sp³-hybridized carbons (Fsp3) is 0.300. The lowest BCUT2D eigenvalue weighted by atomic mass is 10.1. The van der Waals surface area contributed by atoms with Crippen LogP contribution in [0.25, 0.3) is 16.6 Å². The number of rotatable bonds is 9. The van der Waals surface area contributed by atoms with Crippen LogP contribution in [0.15, 0.2) is 83.7 Å². The smallest absolute Gasteiger partial charge is 0.266 e. The van der Waals surface area contributed by atoms with E-state index in [4.69, 9.17) is 9.72 Å². The minimum atomic E-state index is -0.451. The van der Waals surface area contributed by atoms with Gasteiger partial charge in [-0.05, 0) is 68.1 Å². The van der Waals surface area contributed by atoms with Crippen LogP contribution in [0.1, 0.15) is 44.6 Å². The topological polar surface area (TPSA) is 64.4 Å². The molecule has 0 saturated carbocycles. The van der Waals surface area contributed by atoms with E-state index in [1.165, 1.54) is 0 Å². The summed E-state index contributed by atoms with van der Waals surface area (Å²) >= 11 is 0. The Morgan fingerprint density at radius 3 is 2.42 bits per heavy atom. The summed E-state index contributed by atoms with van der Waals surface area (Å²) in [6.45, 7) is 8.63. The molecule has 0 aliphatic rings. The molecular formula is C30H33N3O3. The molecule has 1 atom stereocenters. The highest BCUT2D eigenvalue weighted by molar-refractivity contribution is 5.79. The molecule has 0 bridgehead atoms. The highest BCUT2D eigenvalue weighted by Crippen LogP contribution is 2.24. The van der Waals surface area contributed by atoms with E-state index in [1.807, 2.05) is 86.6 Å². The Labute approximate surface area is 212 Å². The van der Waals surface area contributed by atoms with Gasteiger partial charge in [0.25, 0.3) is 11.5 Å². The first kappa shape index (κ1) is 25.2. The summed E-state index contributed by atoms with van der Waals surface area (Å²) in [7, 11) is 0. The van der Waals surface area contributed by atoms with E-state index >= 15 is 0 Å². The summed E-state index contributed by atoms with van der Waals surface area (Å²) in [6.07, 6.45) is 0.823. The molecule has 0 fully saturated rings. The van der Waals surface area contributed by atoms with Crippen molar-refractivity contribution in [2.24, 2.45) is 5.92 Å². The number of nitrogens with zero attached hydrogens (tertiary/aromatic N) is 3.